The van der Waals surface area contributed by atoms with Crippen LogP contribution in [0.3, 0.4) is 0 Å². The first-order valence-corrected chi connectivity index (χ1v) is 6.78. The molecule has 0 spiro atoms. The van der Waals surface area contributed by atoms with Gasteiger partial charge in [0.2, 0.25) is 0 Å². The van der Waals surface area contributed by atoms with Crippen molar-refractivity contribution in [3.05, 3.63) is 60.3 Å². The second-order valence-corrected chi connectivity index (χ2v) is 4.65. The van der Waals surface area contributed by atoms with E-state index in [4.69, 9.17) is 4.74 Å². The topological polar surface area (TPSA) is 66.7 Å². The van der Waals surface area contributed by atoms with Gasteiger partial charge < -0.3 is 9.84 Å². The fraction of sp³-hybridized carbons (Fsp3) is 0.0588. The molecule has 0 aliphatic heterocycles. The van der Waals surface area contributed by atoms with Crippen molar-refractivity contribution in [2.24, 2.45) is 5.10 Å². The first kappa shape index (κ1) is 13.9. The average molecular weight is 293 g/mol. The number of aromatic hydroxyl groups is 1. The molecular weight excluding hydrogens is 278 g/mol. The van der Waals surface area contributed by atoms with Gasteiger partial charge in [0.05, 0.1) is 24.5 Å². The zero-order chi connectivity index (χ0) is 15.4. The number of methoxy groups -OCH3 is 1. The summed E-state index contributed by atoms with van der Waals surface area (Å²) in [6, 6.07) is 14.9. The Labute approximate surface area is 127 Å². The van der Waals surface area contributed by atoms with Crippen LogP contribution in [-0.4, -0.2) is 23.4 Å². The van der Waals surface area contributed by atoms with Gasteiger partial charge in [-0.1, -0.05) is 24.3 Å². The van der Waals surface area contributed by atoms with Gasteiger partial charge in [-0.15, -0.1) is 0 Å². The van der Waals surface area contributed by atoms with Crippen molar-refractivity contribution in [3.63, 3.8) is 0 Å². The molecule has 3 aromatic rings. The number of anilines is 1. The fourth-order valence-electron chi connectivity index (χ4n) is 2.17. The van der Waals surface area contributed by atoms with Crippen molar-refractivity contribution in [3.8, 4) is 11.5 Å². The normalized spacial score (nSPS) is 11.0. The number of rotatable bonds is 4. The Morgan fingerprint density at radius 2 is 1.95 bits per heavy atom. The number of pyridine rings is 1. The number of nitrogens with one attached hydrogen (secondary N) is 1. The minimum absolute atomic E-state index is 0.0617. The van der Waals surface area contributed by atoms with Crippen LogP contribution in [0, 0.1) is 0 Å². The van der Waals surface area contributed by atoms with Gasteiger partial charge in [-0.2, -0.15) is 5.10 Å². The summed E-state index contributed by atoms with van der Waals surface area (Å²) in [6.07, 6.45) is 3.28. The molecular formula is C17H15N3O2. The number of nitrogens with zero attached hydrogens (tertiary/aromatic N) is 2. The highest BCUT2D eigenvalue weighted by molar-refractivity contribution is 5.91. The number of ether oxygens (including phenoxy) is 1. The zero-order valence-electron chi connectivity index (χ0n) is 12.0. The summed E-state index contributed by atoms with van der Waals surface area (Å²) in [5, 5.41) is 15.2. The summed E-state index contributed by atoms with van der Waals surface area (Å²) >= 11 is 0. The van der Waals surface area contributed by atoms with E-state index in [1.165, 1.54) is 7.11 Å². The van der Waals surface area contributed by atoms with Crippen LogP contribution < -0.4 is 10.2 Å². The van der Waals surface area contributed by atoms with Crippen LogP contribution in [0.1, 0.15) is 5.56 Å². The summed E-state index contributed by atoms with van der Waals surface area (Å²) in [6.45, 7) is 0. The number of hydrazone groups is 1. The molecule has 2 N–H and O–H groups in total. The lowest BCUT2D eigenvalue weighted by Gasteiger charge is -2.06. The summed E-state index contributed by atoms with van der Waals surface area (Å²) in [4.78, 5) is 4.35. The molecule has 0 saturated heterocycles. The molecule has 0 amide bonds. The lowest BCUT2D eigenvalue weighted by molar-refractivity contribution is 0.373. The standard InChI is InChI=1S/C17H15N3O2/c1-22-15-9-3-6-13(17(15)21)11-19-20-14-8-2-5-12-7-4-10-18-16(12)14/h2-11,20-21H,1H3/b19-11-. The Bertz CT molecular complexity index is 826. The van der Waals surface area contributed by atoms with Crippen molar-refractivity contribution in [1.29, 1.82) is 0 Å². The van der Waals surface area contributed by atoms with Crippen molar-refractivity contribution < 1.29 is 9.84 Å². The van der Waals surface area contributed by atoms with Gasteiger partial charge in [0.15, 0.2) is 11.5 Å². The van der Waals surface area contributed by atoms with Crippen molar-refractivity contribution in [1.82, 2.24) is 4.98 Å². The van der Waals surface area contributed by atoms with Crippen LogP contribution in [0.2, 0.25) is 0 Å². The van der Waals surface area contributed by atoms with E-state index in [1.54, 1.807) is 30.6 Å². The molecule has 3 rings (SSSR count). The predicted molar refractivity (Wildman–Crippen MR) is 87.6 cm³/mol. The average Bonchev–Trinajstić information content (AvgIpc) is 2.56. The third-order valence-electron chi connectivity index (χ3n) is 3.27. The Morgan fingerprint density at radius 1 is 1.14 bits per heavy atom. The van der Waals surface area contributed by atoms with E-state index in [0.717, 1.165) is 16.6 Å². The molecule has 0 aliphatic carbocycles. The molecule has 0 fully saturated rings. The monoisotopic (exact) mass is 293 g/mol. The Morgan fingerprint density at radius 3 is 2.82 bits per heavy atom. The van der Waals surface area contributed by atoms with Crippen LogP contribution in [0.15, 0.2) is 59.8 Å². The summed E-state index contributed by atoms with van der Waals surface area (Å²) in [5.41, 5.74) is 5.17. The van der Waals surface area contributed by atoms with E-state index in [-0.39, 0.29) is 5.75 Å². The van der Waals surface area contributed by atoms with Crippen LogP contribution in [0.25, 0.3) is 10.9 Å². The molecule has 0 unspecified atom stereocenters. The number of phenols is 1. The molecule has 22 heavy (non-hydrogen) atoms. The molecule has 0 radical (unpaired) electrons. The van der Waals surface area contributed by atoms with Gasteiger partial charge in [-0.25, -0.2) is 0 Å². The van der Waals surface area contributed by atoms with Crippen LogP contribution in [0.5, 0.6) is 11.5 Å². The highest BCUT2D eigenvalue weighted by Gasteiger charge is 2.05. The maximum Gasteiger partial charge on any atom is 0.166 e. The van der Waals surface area contributed by atoms with Crippen LogP contribution in [0.4, 0.5) is 5.69 Å². The van der Waals surface area contributed by atoms with Crippen molar-refractivity contribution in [2.45, 2.75) is 0 Å². The summed E-state index contributed by atoms with van der Waals surface area (Å²) in [7, 11) is 1.51. The second-order valence-electron chi connectivity index (χ2n) is 4.65. The molecule has 5 heteroatoms. The number of para-hydroxylation sites is 2. The second kappa shape index (κ2) is 6.13. The molecule has 0 aliphatic rings. The van der Waals surface area contributed by atoms with E-state index >= 15 is 0 Å². The number of hydrogen-bond donors (Lipinski definition) is 2. The number of aromatic nitrogens is 1. The van der Waals surface area contributed by atoms with Crippen LogP contribution in [-0.2, 0) is 0 Å². The Kier molecular flexibility index (Phi) is 3.87. The molecule has 0 atom stereocenters. The van der Waals surface area contributed by atoms with Gasteiger partial charge in [0.1, 0.15) is 0 Å². The summed E-state index contributed by atoms with van der Waals surface area (Å²) < 4.78 is 5.07. The van der Waals surface area contributed by atoms with Gasteiger partial charge in [-0.05, 0) is 24.3 Å². The molecule has 2 aromatic carbocycles. The third kappa shape index (κ3) is 2.69. The van der Waals surface area contributed by atoms with E-state index in [9.17, 15) is 5.11 Å². The number of hydrogen-bond acceptors (Lipinski definition) is 5. The van der Waals surface area contributed by atoms with Gasteiger partial charge >= 0.3 is 0 Å². The smallest absolute Gasteiger partial charge is 0.166 e. The van der Waals surface area contributed by atoms with Gasteiger partial charge in [-0.3, -0.25) is 10.4 Å². The molecule has 1 aromatic heterocycles. The minimum atomic E-state index is 0.0617. The van der Waals surface area contributed by atoms with Gasteiger partial charge in [0.25, 0.3) is 0 Å². The predicted octanol–water partition coefficient (Wildman–Crippen LogP) is 3.40. The van der Waals surface area contributed by atoms with E-state index in [0.29, 0.717) is 11.3 Å². The quantitative estimate of drug-likeness (QED) is 0.571. The maximum absolute atomic E-state index is 10.0. The highest BCUT2D eigenvalue weighted by atomic mass is 16.5. The molecule has 1 heterocycles. The van der Waals surface area contributed by atoms with Crippen molar-refractivity contribution >= 4 is 22.8 Å². The van der Waals surface area contributed by atoms with Crippen LogP contribution >= 0.6 is 0 Å². The SMILES string of the molecule is COc1cccc(/C=N\Nc2cccc3cccnc23)c1O. The zero-order valence-corrected chi connectivity index (χ0v) is 12.0. The number of fused-ring (bicyclic) bond motifs is 1. The van der Waals surface area contributed by atoms with E-state index < -0.39 is 0 Å². The molecule has 0 saturated carbocycles. The van der Waals surface area contributed by atoms with Gasteiger partial charge in [0, 0.05) is 17.1 Å². The molecule has 5 nitrogen and oxygen atoms in total. The largest absolute Gasteiger partial charge is 0.504 e. The lowest BCUT2D eigenvalue weighted by Crippen LogP contribution is -1.94. The summed E-state index contributed by atoms with van der Waals surface area (Å²) in [5.74, 6) is 0.474. The molecule has 0 bridgehead atoms. The molecule has 110 valence electrons. The maximum atomic E-state index is 10.0. The lowest BCUT2D eigenvalue weighted by atomic mass is 10.2. The third-order valence-corrected chi connectivity index (χ3v) is 3.27. The Hall–Kier alpha value is -3.08. The first-order chi connectivity index (χ1) is 10.8. The minimum Gasteiger partial charge on any atom is -0.504 e. The Balaban J connectivity index is 1.85. The first-order valence-electron chi connectivity index (χ1n) is 6.78. The highest BCUT2D eigenvalue weighted by Crippen LogP contribution is 2.28. The van der Waals surface area contributed by atoms with E-state index in [1.807, 2.05) is 30.3 Å². The van der Waals surface area contributed by atoms with E-state index in [2.05, 4.69) is 15.5 Å². The number of benzene rings is 2. The fourth-order valence-corrected chi connectivity index (χ4v) is 2.17. The van der Waals surface area contributed by atoms with Crippen molar-refractivity contribution in [2.75, 3.05) is 12.5 Å². The number of phenolic OH excluding ortho intramolecular Hbond substituents is 1.